The first-order valence-corrected chi connectivity index (χ1v) is 7.55. The number of likely N-dealkylation sites (tertiary alicyclic amines) is 1. The van der Waals surface area contributed by atoms with Crippen LogP contribution in [0.4, 0.5) is 0 Å². The van der Waals surface area contributed by atoms with Crippen molar-refractivity contribution in [1.29, 1.82) is 0 Å². The fourth-order valence-corrected chi connectivity index (χ4v) is 3.25. The molecule has 6 nitrogen and oxygen atoms in total. The van der Waals surface area contributed by atoms with E-state index in [1.807, 2.05) is 40.0 Å². The van der Waals surface area contributed by atoms with Crippen molar-refractivity contribution in [2.24, 2.45) is 0 Å². The fourth-order valence-electron chi connectivity index (χ4n) is 2.74. The Kier molecular flexibility index (Phi) is 2.92. The summed E-state index contributed by atoms with van der Waals surface area (Å²) < 4.78 is 10.3. The lowest BCUT2D eigenvalue weighted by atomic mass is 10.2. The van der Waals surface area contributed by atoms with Crippen molar-refractivity contribution in [3.8, 4) is 0 Å². The van der Waals surface area contributed by atoms with Crippen LogP contribution in [-0.4, -0.2) is 42.4 Å². The maximum Gasteiger partial charge on any atom is 0.254 e. The molecule has 0 spiro atoms. The Bertz CT molecular complexity index is 782. The number of rotatable bonds is 2. The van der Waals surface area contributed by atoms with Crippen molar-refractivity contribution in [3.05, 3.63) is 42.2 Å². The highest BCUT2D eigenvalue weighted by atomic mass is 32.1. The molecule has 1 aromatic carbocycles. The summed E-state index contributed by atoms with van der Waals surface area (Å²) in [6.07, 6.45) is 4.66. The summed E-state index contributed by atoms with van der Waals surface area (Å²) in [5.41, 5.74) is 2.30. The highest BCUT2D eigenvalue weighted by molar-refractivity contribution is 7.00. The van der Waals surface area contributed by atoms with Crippen molar-refractivity contribution in [1.82, 2.24) is 23.4 Å². The molecule has 1 aliphatic rings. The van der Waals surface area contributed by atoms with E-state index >= 15 is 0 Å². The average Bonchev–Trinajstić information content (AvgIpc) is 3.24. The van der Waals surface area contributed by atoms with Crippen LogP contribution < -0.4 is 0 Å². The molecule has 0 bridgehead atoms. The van der Waals surface area contributed by atoms with Crippen LogP contribution in [0.3, 0.4) is 0 Å². The monoisotopic (exact) mass is 299 g/mol. The third kappa shape index (κ3) is 2.19. The van der Waals surface area contributed by atoms with Gasteiger partial charge in [-0.1, -0.05) is 0 Å². The first-order chi connectivity index (χ1) is 10.3. The SMILES string of the molecule is O=C(c1ccc2nsnc2c1)N1CCC(n2cccn2)C1. The molecule has 1 unspecified atom stereocenters. The number of aromatic nitrogens is 4. The van der Waals surface area contributed by atoms with Gasteiger partial charge in [-0.15, -0.1) is 0 Å². The van der Waals surface area contributed by atoms with E-state index in [2.05, 4.69) is 13.8 Å². The van der Waals surface area contributed by atoms with Crippen LogP contribution in [-0.2, 0) is 0 Å². The molecule has 0 saturated carbocycles. The minimum absolute atomic E-state index is 0.0551. The summed E-state index contributed by atoms with van der Waals surface area (Å²) in [5, 5.41) is 4.26. The van der Waals surface area contributed by atoms with Gasteiger partial charge in [0.05, 0.1) is 17.8 Å². The molecule has 1 fully saturated rings. The van der Waals surface area contributed by atoms with Crippen LogP contribution in [0.1, 0.15) is 22.8 Å². The molecule has 21 heavy (non-hydrogen) atoms. The smallest absolute Gasteiger partial charge is 0.254 e. The van der Waals surface area contributed by atoms with Gasteiger partial charge in [0.1, 0.15) is 11.0 Å². The number of benzene rings is 1. The summed E-state index contributed by atoms with van der Waals surface area (Å²) in [6, 6.07) is 7.69. The summed E-state index contributed by atoms with van der Waals surface area (Å²) >= 11 is 1.17. The third-order valence-corrected chi connectivity index (χ3v) is 4.41. The Hall–Kier alpha value is -2.28. The first kappa shape index (κ1) is 12.5. The summed E-state index contributed by atoms with van der Waals surface area (Å²) in [4.78, 5) is 14.5. The van der Waals surface area contributed by atoms with Gasteiger partial charge in [-0.05, 0) is 30.7 Å². The highest BCUT2D eigenvalue weighted by Gasteiger charge is 2.28. The lowest BCUT2D eigenvalue weighted by molar-refractivity contribution is 0.0787. The van der Waals surface area contributed by atoms with Crippen molar-refractivity contribution >= 4 is 28.7 Å². The topological polar surface area (TPSA) is 63.9 Å². The molecule has 1 aliphatic heterocycles. The van der Waals surface area contributed by atoms with Crippen LogP contribution in [0.15, 0.2) is 36.7 Å². The molecular formula is C14H13N5OS. The molecule has 1 amide bonds. The molecular weight excluding hydrogens is 286 g/mol. The molecule has 3 heterocycles. The Morgan fingerprint density at radius 1 is 1.29 bits per heavy atom. The van der Waals surface area contributed by atoms with Crippen LogP contribution >= 0.6 is 11.7 Å². The molecule has 0 N–H and O–H groups in total. The average molecular weight is 299 g/mol. The molecule has 7 heteroatoms. The van der Waals surface area contributed by atoms with Crippen molar-refractivity contribution in [3.63, 3.8) is 0 Å². The number of carbonyl (C=O) groups excluding carboxylic acids is 1. The zero-order valence-corrected chi connectivity index (χ0v) is 12.0. The van der Waals surface area contributed by atoms with E-state index in [0.717, 1.165) is 24.0 Å². The first-order valence-electron chi connectivity index (χ1n) is 6.82. The van der Waals surface area contributed by atoms with Gasteiger partial charge < -0.3 is 4.90 Å². The van der Waals surface area contributed by atoms with E-state index < -0.39 is 0 Å². The lowest BCUT2D eigenvalue weighted by Crippen LogP contribution is -2.29. The largest absolute Gasteiger partial charge is 0.336 e. The molecule has 1 saturated heterocycles. The second-order valence-corrected chi connectivity index (χ2v) is 5.68. The van der Waals surface area contributed by atoms with Crippen LogP contribution in [0.2, 0.25) is 0 Å². The van der Waals surface area contributed by atoms with E-state index in [1.54, 1.807) is 6.20 Å². The number of nitrogens with zero attached hydrogens (tertiary/aromatic N) is 5. The molecule has 0 aliphatic carbocycles. The van der Waals surface area contributed by atoms with Crippen LogP contribution in [0.5, 0.6) is 0 Å². The van der Waals surface area contributed by atoms with E-state index in [9.17, 15) is 4.79 Å². The van der Waals surface area contributed by atoms with Crippen molar-refractivity contribution in [2.45, 2.75) is 12.5 Å². The summed E-state index contributed by atoms with van der Waals surface area (Å²) in [7, 11) is 0. The minimum Gasteiger partial charge on any atom is -0.336 e. The van der Waals surface area contributed by atoms with E-state index in [1.165, 1.54) is 11.7 Å². The Morgan fingerprint density at radius 2 is 2.19 bits per heavy atom. The number of hydrogen-bond donors (Lipinski definition) is 0. The minimum atomic E-state index is 0.0551. The van der Waals surface area contributed by atoms with Crippen molar-refractivity contribution in [2.75, 3.05) is 13.1 Å². The van der Waals surface area contributed by atoms with Crippen LogP contribution in [0, 0.1) is 0 Å². The van der Waals surface area contributed by atoms with E-state index in [0.29, 0.717) is 12.1 Å². The van der Waals surface area contributed by atoms with Crippen LogP contribution in [0.25, 0.3) is 11.0 Å². The van der Waals surface area contributed by atoms with Crippen molar-refractivity contribution < 1.29 is 4.79 Å². The van der Waals surface area contributed by atoms with Gasteiger partial charge in [-0.3, -0.25) is 9.48 Å². The van der Waals surface area contributed by atoms with Gasteiger partial charge >= 0.3 is 0 Å². The number of fused-ring (bicyclic) bond motifs is 1. The molecule has 4 rings (SSSR count). The lowest BCUT2D eigenvalue weighted by Gasteiger charge is -2.16. The predicted octanol–water partition coefficient (Wildman–Crippen LogP) is 1.97. The van der Waals surface area contributed by atoms with Gasteiger partial charge in [0.2, 0.25) is 0 Å². The van der Waals surface area contributed by atoms with Gasteiger partial charge in [-0.25, -0.2) is 0 Å². The molecule has 0 radical (unpaired) electrons. The third-order valence-electron chi connectivity index (χ3n) is 3.85. The normalized spacial score (nSPS) is 18.5. The number of amides is 1. The molecule has 3 aromatic rings. The molecule has 2 aromatic heterocycles. The molecule has 106 valence electrons. The number of hydrogen-bond acceptors (Lipinski definition) is 5. The number of carbonyl (C=O) groups is 1. The van der Waals surface area contributed by atoms with Gasteiger partial charge in [0.15, 0.2) is 0 Å². The highest BCUT2D eigenvalue weighted by Crippen LogP contribution is 2.23. The van der Waals surface area contributed by atoms with E-state index in [4.69, 9.17) is 0 Å². The quantitative estimate of drug-likeness (QED) is 0.726. The summed E-state index contributed by atoms with van der Waals surface area (Å²) in [5.74, 6) is 0.0551. The predicted molar refractivity (Wildman–Crippen MR) is 79.2 cm³/mol. The Morgan fingerprint density at radius 3 is 3.05 bits per heavy atom. The standard InChI is InChI=1S/C14H13N5OS/c20-14(10-2-3-12-13(8-10)17-21-16-12)18-7-4-11(9-18)19-6-1-5-15-19/h1-3,5-6,8,11H,4,7,9H2. The van der Waals surface area contributed by atoms with Gasteiger partial charge in [0.25, 0.3) is 5.91 Å². The maximum absolute atomic E-state index is 12.6. The van der Waals surface area contributed by atoms with Gasteiger partial charge in [0, 0.05) is 31.0 Å². The Balaban J connectivity index is 1.55. The summed E-state index contributed by atoms with van der Waals surface area (Å²) in [6.45, 7) is 1.46. The fraction of sp³-hybridized carbons (Fsp3) is 0.286. The second kappa shape index (κ2) is 4.92. The van der Waals surface area contributed by atoms with E-state index in [-0.39, 0.29) is 11.9 Å². The second-order valence-electron chi connectivity index (χ2n) is 5.15. The molecule has 1 atom stereocenters. The maximum atomic E-state index is 12.6. The van der Waals surface area contributed by atoms with Gasteiger partial charge in [-0.2, -0.15) is 13.8 Å². The zero-order chi connectivity index (χ0) is 14.2. The Labute approximate surface area is 125 Å². The zero-order valence-electron chi connectivity index (χ0n) is 11.2.